The fraction of sp³-hybridized carbons (Fsp3) is 0.143. The summed E-state index contributed by atoms with van der Waals surface area (Å²) in [5, 5.41) is 0.584. The maximum atomic E-state index is 13.5. The van der Waals surface area contributed by atoms with Crippen molar-refractivity contribution in [1.29, 1.82) is 0 Å². The van der Waals surface area contributed by atoms with Crippen LogP contribution in [0.4, 0.5) is 8.78 Å². The number of hydrogen-bond donors (Lipinski definition) is 0. The Labute approximate surface area is 113 Å². The van der Waals surface area contributed by atoms with Crippen molar-refractivity contribution in [2.24, 2.45) is 0 Å². The van der Waals surface area contributed by atoms with Gasteiger partial charge in [-0.15, -0.1) is 0 Å². The molecule has 0 N–H and O–H groups in total. The molecular weight excluding hydrogens is 302 g/mol. The molecule has 0 aromatic heterocycles. The minimum absolute atomic E-state index is 0.110. The van der Waals surface area contributed by atoms with E-state index in [9.17, 15) is 8.78 Å². The molecule has 0 saturated heterocycles. The van der Waals surface area contributed by atoms with Crippen molar-refractivity contribution in [1.82, 2.24) is 0 Å². The van der Waals surface area contributed by atoms with Gasteiger partial charge >= 0.3 is 0 Å². The van der Waals surface area contributed by atoms with E-state index in [2.05, 4.69) is 15.9 Å². The highest BCUT2D eigenvalue weighted by molar-refractivity contribution is 9.08. The number of benzene rings is 2. The molecule has 18 heavy (non-hydrogen) atoms. The van der Waals surface area contributed by atoms with Gasteiger partial charge in [-0.1, -0.05) is 33.6 Å². The first-order valence-electron chi connectivity index (χ1n) is 5.38. The number of hydrogen-bond acceptors (Lipinski definition) is 1. The lowest BCUT2D eigenvalue weighted by Gasteiger charge is -2.11. The molecule has 0 bridgehead atoms. The molecule has 0 heterocycles. The fourth-order valence-corrected chi connectivity index (χ4v) is 2.02. The van der Waals surface area contributed by atoms with Crippen LogP contribution < -0.4 is 4.74 Å². The molecule has 0 fully saturated rings. The van der Waals surface area contributed by atoms with Crippen LogP contribution in [-0.2, 0) is 5.33 Å². The Morgan fingerprint density at radius 1 is 1.06 bits per heavy atom. The summed E-state index contributed by atoms with van der Waals surface area (Å²) >= 11 is 3.34. The lowest BCUT2D eigenvalue weighted by atomic mass is 10.1. The van der Waals surface area contributed by atoms with Gasteiger partial charge in [0.25, 0.3) is 0 Å². The van der Waals surface area contributed by atoms with Crippen molar-refractivity contribution in [3.05, 3.63) is 59.2 Å². The van der Waals surface area contributed by atoms with E-state index >= 15 is 0 Å². The van der Waals surface area contributed by atoms with Crippen LogP contribution in [0.3, 0.4) is 0 Å². The quantitative estimate of drug-likeness (QED) is 0.728. The van der Waals surface area contributed by atoms with Crippen LogP contribution >= 0.6 is 15.9 Å². The molecule has 0 unspecified atom stereocenters. The van der Waals surface area contributed by atoms with Gasteiger partial charge in [-0.25, -0.2) is 8.78 Å². The van der Waals surface area contributed by atoms with E-state index in [0.29, 0.717) is 11.1 Å². The highest BCUT2D eigenvalue weighted by Crippen LogP contribution is 2.29. The average Bonchev–Trinajstić information content (AvgIpc) is 2.36. The van der Waals surface area contributed by atoms with Crippen LogP contribution in [0.15, 0.2) is 36.4 Å². The van der Waals surface area contributed by atoms with Crippen molar-refractivity contribution in [3.63, 3.8) is 0 Å². The van der Waals surface area contributed by atoms with E-state index in [-0.39, 0.29) is 5.75 Å². The van der Waals surface area contributed by atoms with Crippen molar-refractivity contribution >= 4 is 15.9 Å². The Bertz CT molecular complexity index is 570. The maximum Gasteiger partial charge on any atom is 0.165 e. The van der Waals surface area contributed by atoms with Crippen molar-refractivity contribution in [2.45, 2.75) is 12.3 Å². The zero-order chi connectivity index (χ0) is 13.1. The van der Waals surface area contributed by atoms with Crippen molar-refractivity contribution < 1.29 is 13.5 Å². The Morgan fingerprint density at radius 2 is 1.83 bits per heavy atom. The van der Waals surface area contributed by atoms with Gasteiger partial charge in [-0.2, -0.15) is 0 Å². The second-order valence-corrected chi connectivity index (χ2v) is 4.48. The fourth-order valence-electron chi connectivity index (χ4n) is 1.59. The largest absolute Gasteiger partial charge is 0.454 e. The maximum absolute atomic E-state index is 13.5. The molecule has 0 aliphatic rings. The molecule has 0 radical (unpaired) electrons. The first kappa shape index (κ1) is 13.0. The topological polar surface area (TPSA) is 9.23 Å². The first-order chi connectivity index (χ1) is 8.60. The summed E-state index contributed by atoms with van der Waals surface area (Å²) in [6, 6.07) is 8.68. The molecular formula is C14H11BrF2O. The van der Waals surface area contributed by atoms with Gasteiger partial charge in [0.05, 0.1) is 0 Å². The van der Waals surface area contributed by atoms with Crippen molar-refractivity contribution in [3.8, 4) is 11.5 Å². The number of halogens is 3. The van der Waals surface area contributed by atoms with E-state index < -0.39 is 11.6 Å². The van der Waals surface area contributed by atoms with E-state index in [0.717, 1.165) is 29.3 Å². The lowest BCUT2D eigenvalue weighted by Crippen LogP contribution is -1.93. The predicted molar refractivity (Wildman–Crippen MR) is 70.2 cm³/mol. The summed E-state index contributed by atoms with van der Waals surface area (Å²) in [6.07, 6.45) is 0. The van der Waals surface area contributed by atoms with Gasteiger partial charge in [-0.05, 0) is 25.1 Å². The summed E-state index contributed by atoms with van der Waals surface area (Å²) in [5.74, 6) is -0.709. The summed E-state index contributed by atoms with van der Waals surface area (Å²) < 4.78 is 31.9. The van der Waals surface area contributed by atoms with Gasteiger partial charge < -0.3 is 4.74 Å². The zero-order valence-corrected chi connectivity index (χ0v) is 11.3. The Morgan fingerprint density at radius 3 is 2.56 bits per heavy atom. The zero-order valence-electron chi connectivity index (χ0n) is 9.71. The second kappa shape index (κ2) is 5.48. The minimum atomic E-state index is -0.586. The molecule has 94 valence electrons. The van der Waals surface area contributed by atoms with Crippen molar-refractivity contribution in [2.75, 3.05) is 0 Å². The summed E-state index contributed by atoms with van der Waals surface area (Å²) in [6.45, 7) is 1.96. The molecule has 0 atom stereocenters. The number of rotatable bonds is 3. The third-order valence-corrected chi connectivity index (χ3v) is 3.08. The van der Waals surface area contributed by atoms with E-state index in [4.69, 9.17) is 4.74 Å². The van der Waals surface area contributed by atoms with Crippen LogP contribution in [-0.4, -0.2) is 0 Å². The van der Waals surface area contributed by atoms with E-state index in [1.807, 2.05) is 19.1 Å². The smallest absolute Gasteiger partial charge is 0.165 e. The molecule has 0 saturated carbocycles. The molecule has 4 heteroatoms. The Hall–Kier alpha value is -1.42. The average molecular weight is 313 g/mol. The van der Waals surface area contributed by atoms with Crippen LogP contribution in [0, 0.1) is 18.6 Å². The molecule has 0 aliphatic heterocycles. The number of aryl methyl sites for hydroxylation is 1. The highest BCUT2D eigenvalue weighted by Gasteiger charge is 2.09. The van der Waals surface area contributed by atoms with Crippen LogP contribution in [0.2, 0.25) is 0 Å². The highest BCUT2D eigenvalue weighted by atomic mass is 79.9. The first-order valence-corrected chi connectivity index (χ1v) is 6.50. The van der Waals surface area contributed by atoms with Crippen LogP contribution in [0.25, 0.3) is 0 Å². The lowest BCUT2D eigenvalue weighted by molar-refractivity contribution is 0.433. The van der Waals surface area contributed by atoms with Gasteiger partial charge in [-0.3, -0.25) is 0 Å². The summed E-state index contributed by atoms with van der Waals surface area (Å²) in [4.78, 5) is 0. The molecule has 1 nitrogen and oxygen atoms in total. The standard InChI is InChI=1S/C14H11BrF2O/c1-9-2-5-13(10(6-9)8-15)18-14-7-11(16)3-4-12(14)17/h2-7H,8H2,1H3. The molecule has 2 aromatic carbocycles. The van der Waals surface area contributed by atoms with E-state index in [1.165, 1.54) is 0 Å². The predicted octanol–water partition coefficient (Wildman–Crippen LogP) is 4.96. The SMILES string of the molecule is Cc1ccc(Oc2cc(F)ccc2F)c(CBr)c1. The van der Waals surface area contributed by atoms with Crippen LogP contribution in [0.1, 0.15) is 11.1 Å². The second-order valence-electron chi connectivity index (χ2n) is 3.92. The molecule has 2 rings (SSSR count). The molecule has 0 amide bonds. The van der Waals surface area contributed by atoms with Gasteiger partial charge in [0, 0.05) is 17.0 Å². The van der Waals surface area contributed by atoms with Gasteiger partial charge in [0.2, 0.25) is 0 Å². The Kier molecular flexibility index (Phi) is 3.97. The molecule has 2 aromatic rings. The van der Waals surface area contributed by atoms with Gasteiger partial charge in [0.1, 0.15) is 11.6 Å². The monoisotopic (exact) mass is 312 g/mol. The molecule has 0 aliphatic carbocycles. The third kappa shape index (κ3) is 2.88. The summed E-state index contributed by atoms with van der Waals surface area (Å²) in [5.41, 5.74) is 1.97. The Balaban J connectivity index is 2.36. The third-order valence-electron chi connectivity index (χ3n) is 2.47. The number of alkyl halides is 1. The minimum Gasteiger partial charge on any atom is -0.454 e. The number of ether oxygens (including phenoxy) is 1. The van der Waals surface area contributed by atoms with Gasteiger partial charge in [0.15, 0.2) is 11.6 Å². The van der Waals surface area contributed by atoms with E-state index in [1.54, 1.807) is 6.07 Å². The summed E-state index contributed by atoms with van der Waals surface area (Å²) in [7, 11) is 0. The van der Waals surface area contributed by atoms with Crippen LogP contribution in [0.5, 0.6) is 11.5 Å². The molecule has 0 spiro atoms. The normalized spacial score (nSPS) is 10.4.